The highest BCUT2D eigenvalue weighted by Gasteiger charge is 2.29. The zero-order valence-corrected chi connectivity index (χ0v) is 23.2. The summed E-state index contributed by atoms with van der Waals surface area (Å²) in [5.74, 6) is 0.705. The molecular weight excluding hydrogens is 514 g/mol. The van der Waals surface area contributed by atoms with Crippen molar-refractivity contribution < 1.29 is 27.4 Å². The number of benzene rings is 2. The van der Waals surface area contributed by atoms with Crippen LogP contribution in [0.1, 0.15) is 42.5 Å². The van der Waals surface area contributed by atoms with E-state index in [2.05, 4.69) is 4.99 Å². The minimum atomic E-state index is -3.64. The maximum Gasteiger partial charge on any atom is 0.279 e. The molecular formula is C26H33N3O6S2. The van der Waals surface area contributed by atoms with Gasteiger partial charge in [0.1, 0.15) is 0 Å². The fraction of sp³-hybridized carbons (Fsp3) is 0.462. The summed E-state index contributed by atoms with van der Waals surface area (Å²) in [6, 6.07) is 9.73. The van der Waals surface area contributed by atoms with Gasteiger partial charge < -0.3 is 18.8 Å². The smallest absolute Gasteiger partial charge is 0.279 e. The Labute approximate surface area is 221 Å². The van der Waals surface area contributed by atoms with Gasteiger partial charge in [0.2, 0.25) is 10.0 Å². The number of hydrogen-bond donors (Lipinski definition) is 0. The van der Waals surface area contributed by atoms with Crippen molar-refractivity contribution in [3.63, 3.8) is 0 Å². The van der Waals surface area contributed by atoms with E-state index >= 15 is 0 Å². The van der Waals surface area contributed by atoms with E-state index in [1.807, 2.05) is 16.7 Å². The lowest BCUT2D eigenvalue weighted by molar-refractivity contribution is 0.0997. The summed E-state index contributed by atoms with van der Waals surface area (Å²) in [7, 11) is 2.76. The van der Waals surface area contributed by atoms with Gasteiger partial charge in [-0.15, -0.1) is 0 Å². The van der Waals surface area contributed by atoms with Crippen LogP contribution in [-0.2, 0) is 21.3 Å². The van der Waals surface area contributed by atoms with Gasteiger partial charge in [-0.05, 0) is 37.1 Å². The van der Waals surface area contributed by atoms with E-state index in [4.69, 9.17) is 14.2 Å². The maximum absolute atomic E-state index is 13.1. The molecule has 0 spiro atoms. The van der Waals surface area contributed by atoms with E-state index in [0.29, 0.717) is 35.0 Å². The first kappa shape index (κ1) is 27.3. The Morgan fingerprint density at radius 3 is 2.32 bits per heavy atom. The van der Waals surface area contributed by atoms with E-state index in [-0.39, 0.29) is 10.9 Å². The lowest BCUT2D eigenvalue weighted by atomic mass is 9.96. The van der Waals surface area contributed by atoms with Gasteiger partial charge in [-0.2, -0.15) is 9.30 Å². The summed E-state index contributed by atoms with van der Waals surface area (Å²) < 4.78 is 46.7. The van der Waals surface area contributed by atoms with Gasteiger partial charge in [0.25, 0.3) is 5.91 Å². The number of carbonyl (C=O) groups is 1. The summed E-state index contributed by atoms with van der Waals surface area (Å²) in [5, 5.41) is 0. The Morgan fingerprint density at radius 2 is 1.70 bits per heavy atom. The van der Waals surface area contributed by atoms with Crippen molar-refractivity contribution >= 4 is 37.5 Å². The maximum atomic E-state index is 13.1. The van der Waals surface area contributed by atoms with Crippen molar-refractivity contribution in [1.82, 2.24) is 8.87 Å². The van der Waals surface area contributed by atoms with E-state index in [9.17, 15) is 13.2 Å². The number of hydrogen-bond acceptors (Lipinski definition) is 7. The summed E-state index contributed by atoms with van der Waals surface area (Å²) in [4.78, 5) is 18.1. The quantitative estimate of drug-likeness (QED) is 0.401. The first-order valence-electron chi connectivity index (χ1n) is 12.2. The van der Waals surface area contributed by atoms with Crippen molar-refractivity contribution in [2.75, 3.05) is 35.0 Å². The van der Waals surface area contributed by atoms with Crippen LogP contribution in [0.3, 0.4) is 0 Å². The summed E-state index contributed by atoms with van der Waals surface area (Å²) in [6.45, 7) is 0.922. The largest absolute Gasteiger partial charge is 0.493 e. The normalized spacial score (nSPS) is 15.4. The molecule has 0 radical (unpaired) electrons. The Hall–Kier alpha value is -2.73. The molecule has 0 atom stereocenters. The van der Waals surface area contributed by atoms with Crippen LogP contribution in [0, 0.1) is 0 Å². The minimum Gasteiger partial charge on any atom is -0.493 e. The molecule has 0 aliphatic heterocycles. The Morgan fingerprint density at radius 1 is 1.05 bits per heavy atom. The van der Waals surface area contributed by atoms with E-state index in [1.165, 1.54) is 39.9 Å². The Bertz CT molecular complexity index is 1420. The molecule has 2 aromatic carbocycles. The van der Waals surface area contributed by atoms with Gasteiger partial charge in [0, 0.05) is 44.4 Å². The highest BCUT2D eigenvalue weighted by molar-refractivity contribution is 7.89. The molecule has 37 heavy (non-hydrogen) atoms. The van der Waals surface area contributed by atoms with Crippen molar-refractivity contribution in [2.45, 2.75) is 49.6 Å². The number of sulfonamides is 1. The summed E-state index contributed by atoms with van der Waals surface area (Å²) in [5.41, 5.74) is 1.16. The molecule has 0 N–H and O–H groups in total. The predicted molar refractivity (Wildman–Crippen MR) is 143 cm³/mol. The second kappa shape index (κ2) is 11.8. The van der Waals surface area contributed by atoms with Crippen molar-refractivity contribution in [1.29, 1.82) is 0 Å². The molecule has 1 aliphatic carbocycles. The second-order valence-electron chi connectivity index (χ2n) is 8.96. The number of amides is 1. The van der Waals surface area contributed by atoms with E-state index < -0.39 is 15.9 Å². The summed E-state index contributed by atoms with van der Waals surface area (Å²) in [6.07, 6.45) is 4.99. The highest BCUT2D eigenvalue weighted by atomic mass is 32.2. The molecule has 1 saturated carbocycles. The number of rotatable bonds is 9. The molecule has 1 aromatic heterocycles. The van der Waals surface area contributed by atoms with Crippen molar-refractivity contribution in [3.8, 4) is 11.5 Å². The molecule has 1 heterocycles. The lowest BCUT2D eigenvalue weighted by Gasteiger charge is -2.30. The van der Waals surface area contributed by atoms with E-state index in [0.717, 1.165) is 42.3 Å². The van der Waals surface area contributed by atoms with Crippen LogP contribution < -0.4 is 14.3 Å². The molecule has 1 fully saturated rings. The monoisotopic (exact) mass is 547 g/mol. The van der Waals surface area contributed by atoms with Crippen LogP contribution in [0.2, 0.25) is 0 Å². The molecule has 1 amide bonds. The molecule has 0 bridgehead atoms. The number of aromatic nitrogens is 1. The van der Waals surface area contributed by atoms with Crippen LogP contribution in [0.5, 0.6) is 11.5 Å². The SMILES string of the molecule is COCCn1c(=NC(=O)c2ccc(S(=O)(=O)N(C)C3CCCCC3)cc2)sc2cc(OC)c(OC)cc21. The fourth-order valence-electron chi connectivity index (χ4n) is 4.61. The standard InChI is InChI=1S/C26H33N3O6S2/c1-28(19-8-6-5-7-9-19)37(31,32)20-12-10-18(11-13-20)25(30)27-26-29(14-15-33-2)21-16-22(34-3)23(35-4)17-24(21)36-26/h10-13,16-17,19H,5-9,14-15H2,1-4H3. The number of methoxy groups -OCH3 is 3. The van der Waals surface area contributed by atoms with Crippen LogP contribution in [0.15, 0.2) is 46.3 Å². The van der Waals surface area contributed by atoms with Gasteiger partial charge in [-0.1, -0.05) is 30.6 Å². The minimum absolute atomic E-state index is 0.0165. The lowest BCUT2D eigenvalue weighted by Crippen LogP contribution is -2.38. The molecule has 11 heteroatoms. The predicted octanol–water partition coefficient (Wildman–Crippen LogP) is 4.06. The molecule has 200 valence electrons. The van der Waals surface area contributed by atoms with E-state index in [1.54, 1.807) is 28.4 Å². The van der Waals surface area contributed by atoms with Crippen LogP contribution >= 0.6 is 11.3 Å². The Balaban J connectivity index is 1.65. The third-order valence-corrected chi connectivity index (χ3v) is 9.74. The third kappa shape index (κ3) is 5.74. The first-order chi connectivity index (χ1) is 17.8. The summed E-state index contributed by atoms with van der Waals surface area (Å²) >= 11 is 1.35. The molecule has 0 saturated heterocycles. The average molecular weight is 548 g/mol. The van der Waals surface area contributed by atoms with Crippen LogP contribution in [-0.4, -0.2) is 64.2 Å². The van der Waals surface area contributed by atoms with Crippen LogP contribution in [0.4, 0.5) is 0 Å². The number of thiazole rings is 1. The number of fused-ring (bicyclic) bond motifs is 1. The average Bonchev–Trinajstić information content (AvgIpc) is 3.26. The zero-order valence-electron chi connectivity index (χ0n) is 21.6. The molecule has 3 aromatic rings. The van der Waals surface area contributed by atoms with Gasteiger partial charge in [0.05, 0.1) is 35.9 Å². The molecule has 1 aliphatic rings. The zero-order chi connectivity index (χ0) is 26.6. The Kier molecular flexibility index (Phi) is 8.68. The molecule has 4 rings (SSSR count). The number of nitrogens with zero attached hydrogens (tertiary/aromatic N) is 3. The fourth-order valence-corrected chi connectivity index (χ4v) is 7.09. The first-order valence-corrected chi connectivity index (χ1v) is 14.5. The van der Waals surface area contributed by atoms with Gasteiger partial charge >= 0.3 is 0 Å². The molecule has 0 unspecified atom stereocenters. The van der Waals surface area contributed by atoms with Gasteiger partial charge in [-0.25, -0.2) is 8.42 Å². The number of ether oxygens (including phenoxy) is 3. The van der Waals surface area contributed by atoms with Gasteiger partial charge in [0.15, 0.2) is 16.3 Å². The number of carbonyl (C=O) groups excluding carboxylic acids is 1. The van der Waals surface area contributed by atoms with Crippen LogP contribution in [0.25, 0.3) is 10.2 Å². The third-order valence-electron chi connectivity index (χ3n) is 6.77. The van der Waals surface area contributed by atoms with Gasteiger partial charge in [-0.3, -0.25) is 4.79 Å². The highest BCUT2D eigenvalue weighted by Crippen LogP contribution is 2.33. The van der Waals surface area contributed by atoms with Crippen molar-refractivity contribution in [2.24, 2.45) is 4.99 Å². The second-order valence-corrected chi connectivity index (χ2v) is 12.0. The molecule has 9 nitrogen and oxygen atoms in total. The van der Waals surface area contributed by atoms with Crippen molar-refractivity contribution in [3.05, 3.63) is 46.8 Å². The topological polar surface area (TPSA) is 99.4 Å².